The van der Waals surface area contributed by atoms with E-state index in [0.717, 1.165) is 42.4 Å². The van der Waals surface area contributed by atoms with E-state index in [1.54, 1.807) is 6.07 Å². The van der Waals surface area contributed by atoms with Crippen LogP contribution in [0.25, 0.3) is 10.9 Å². The van der Waals surface area contributed by atoms with Gasteiger partial charge in [-0.2, -0.15) is 0 Å². The quantitative estimate of drug-likeness (QED) is 0.366. The maximum absolute atomic E-state index is 13.2. The van der Waals surface area contributed by atoms with Crippen molar-refractivity contribution in [3.63, 3.8) is 0 Å². The molecule has 2 aromatic carbocycles. The summed E-state index contributed by atoms with van der Waals surface area (Å²) in [5.74, 6) is 0.0463. The van der Waals surface area contributed by atoms with Gasteiger partial charge in [-0.1, -0.05) is 25.6 Å². The summed E-state index contributed by atoms with van der Waals surface area (Å²) in [5.41, 5.74) is 4.33. The summed E-state index contributed by atoms with van der Waals surface area (Å²) < 4.78 is 1.96. The zero-order valence-corrected chi connectivity index (χ0v) is 22.6. The van der Waals surface area contributed by atoms with Gasteiger partial charge in [0.2, 0.25) is 5.91 Å². The van der Waals surface area contributed by atoms with Crippen molar-refractivity contribution in [1.82, 2.24) is 14.8 Å². The molecule has 1 fully saturated rings. The molecule has 3 N–H and O–H groups in total. The van der Waals surface area contributed by atoms with E-state index in [0.29, 0.717) is 41.6 Å². The summed E-state index contributed by atoms with van der Waals surface area (Å²) >= 11 is 0. The molecule has 3 aromatic rings. The number of nitrogens with one attached hydrogen (secondary N) is 3. The van der Waals surface area contributed by atoms with Crippen molar-refractivity contribution in [3.8, 4) is 0 Å². The lowest BCUT2D eigenvalue weighted by Gasteiger charge is -2.18. The second kappa shape index (κ2) is 11.9. The third-order valence-electron chi connectivity index (χ3n) is 8.04. The topological polar surface area (TPSA) is 95.5 Å². The van der Waals surface area contributed by atoms with Crippen LogP contribution in [-0.2, 0) is 17.8 Å². The number of hydrogen-bond acceptors (Lipinski definition) is 4. The molecule has 1 unspecified atom stereocenters. The first-order chi connectivity index (χ1) is 18.9. The second-order valence-corrected chi connectivity index (χ2v) is 10.5. The number of aryl methyl sites for hydroxylation is 1. The zero-order valence-electron chi connectivity index (χ0n) is 22.6. The number of nitrogens with zero attached hydrogens (tertiary/aromatic N) is 2. The van der Waals surface area contributed by atoms with Crippen LogP contribution in [0.4, 0.5) is 11.4 Å². The van der Waals surface area contributed by atoms with E-state index in [1.807, 2.05) is 41.0 Å². The van der Waals surface area contributed by atoms with Gasteiger partial charge in [0.1, 0.15) is 5.69 Å². The molecule has 2 aliphatic heterocycles. The van der Waals surface area contributed by atoms with Crippen LogP contribution in [-0.4, -0.2) is 53.4 Å². The first-order valence-electron chi connectivity index (χ1n) is 14.0. The van der Waals surface area contributed by atoms with Gasteiger partial charge in [0.25, 0.3) is 11.8 Å². The van der Waals surface area contributed by atoms with E-state index in [4.69, 9.17) is 0 Å². The molecule has 0 aliphatic carbocycles. The van der Waals surface area contributed by atoms with Gasteiger partial charge in [0, 0.05) is 40.9 Å². The Morgan fingerprint density at radius 1 is 1.08 bits per heavy atom. The minimum absolute atomic E-state index is 0.0976. The van der Waals surface area contributed by atoms with E-state index in [2.05, 4.69) is 34.4 Å². The Labute approximate surface area is 229 Å². The average molecular weight is 528 g/mol. The van der Waals surface area contributed by atoms with Crippen LogP contribution in [0, 0.1) is 5.92 Å². The van der Waals surface area contributed by atoms with Crippen LogP contribution in [0.2, 0.25) is 0 Å². The molecule has 8 nitrogen and oxygen atoms in total. The number of amides is 3. The molecule has 2 aliphatic rings. The van der Waals surface area contributed by atoms with E-state index >= 15 is 0 Å². The third-order valence-corrected chi connectivity index (χ3v) is 8.04. The first-order valence-corrected chi connectivity index (χ1v) is 14.0. The largest absolute Gasteiger partial charge is 0.349 e. The Bertz CT molecular complexity index is 1410. The highest BCUT2D eigenvalue weighted by Crippen LogP contribution is 2.28. The SMILES string of the molecule is C=CC(=O)Nc1cc(NC(=O)c2ccc3cc4n(c3c2)CCNC4=O)ccc1CCC1CCCN(CC)CC1. The molecule has 1 aromatic heterocycles. The van der Waals surface area contributed by atoms with Gasteiger partial charge >= 0.3 is 0 Å². The Morgan fingerprint density at radius 3 is 2.77 bits per heavy atom. The molecule has 5 rings (SSSR count). The first kappa shape index (κ1) is 26.7. The standard InChI is InChI=1S/C31H37N5O3/c1-3-29(37)34-26-20-25(12-11-22(26)8-7-21-6-5-15-35(4-2)16-13-21)33-30(38)24-10-9-23-18-28-31(39)32-14-17-36(28)27(23)19-24/h3,9-12,18-21H,1,4-8,13-17H2,2H3,(H,32,39)(H,33,38)(H,34,37). The van der Waals surface area contributed by atoms with Crippen LogP contribution in [0.3, 0.4) is 0 Å². The van der Waals surface area contributed by atoms with Crippen molar-refractivity contribution in [2.24, 2.45) is 5.92 Å². The van der Waals surface area contributed by atoms with Crippen LogP contribution < -0.4 is 16.0 Å². The third kappa shape index (κ3) is 6.06. The zero-order chi connectivity index (χ0) is 27.4. The summed E-state index contributed by atoms with van der Waals surface area (Å²) in [5, 5.41) is 9.69. The highest BCUT2D eigenvalue weighted by molar-refractivity contribution is 6.08. The molecule has 0 bridgehead atoms. The maximum Gasteiger partial charge on any atom is 0.268 e. The molecule has 1 saturated heterocycles. The maximum atomic E-state index is 13.2. The molecule has 0 spiro atoms. The fraction of sp³-hybridized carbons (Fsp3) is 0.387. The van der Waals surface area contributed by atoms with Crippen molar-refractivity contribution >= 4 is 40.0 Å². The number of hydrogen-bond donors (Lipinski definition) is 3. The number of likely N-dealkylation sites (tertiary alicyclic amines) is 1. The molecule has 3 heterocycles. The Kier molecular flexibility index (Phi) is 8.12. The van der Waals surface area contributed by atoms with Gasteiger partial charge in [0.05, 0.1) is 0 Å². The number of benzene rings is 2. The minimum atomic E-state index is -0.278. The lowest BCUT2D eigenvalue weighted by molar-refractivity contribution is -0.111. The Balaban J connectivity index is 1.31. The fourth-order valence-corrected chi connectivity index (χ4v) is 5.76. The Hall–Kier alpha value is -3.91. The van der Waals surface area contributed by atoms with Gasteiger partial charge in [-0.3, -0.25) is 14.4 Å². The molecule has 0 radical (unpaired) electrons. The molecule has 39 heavy (non-hydrogen) atoms. The summed E-state index contributed by atoms with van der Waals surface area (Å²) in [7, 11) is 0. The lowest BCUT2D eigenvalue weighted by Crippen LogP contribution is -2.34. The number of carbonyl (C=O) groups is 3. The normalized spacial score (nSPS) is 17.7. The van der Waals surface area contributed by atoms with Gasteiger partial charge in [-0.25, -0.2) is 0 Å². The van der Waals surface area contributed by atoms with Crippen LogP contribution in [0.15, 0.2) is 55.1 Å². The molecular formula is C31H37N5O3. The molecule has 1 atom stereocenters. The van der Waals surface area contributed by atoms with Crippen LogP contribution >= 0.6 is 0 Å². The monoisotopic (exact) mass is 527 g/mol. The summed E-state index contributed by atoms with van der Waals surface area (Å²) in [6, 6.07) is 13.0. The predicted octanol–water partition coefficient (Wildman–Crippen LogP) is 4.82. The van der Waals surface area contributed by atoms with Crippen LogP contribution in [0.1, 0.15) is 59.0 Å². The summed E-state index contributed by atoms with van der Waals surface area (Å²) in [4.78, 5) is 40.1. The highest BCUT2D eigenvalue weighted by atomic mass is 16.2. The smallest absolute Gasteiger partial charge is 0.268 e. The minimum Gasteiger partial charge on any atom is -0.349 e. The number of fused-ring (bicyclic) bond motifs is 3. The molecule has 204 valence electrons. The fourth-order valence-electron chi connectivity index (χ4n) is 5.76. The molecule has 0 saturated carbocycles. The average Bonchev–Trinajstić information content (AvgIpc) is 3.16. The number of anilines is 2. The molecule has 8 heteroatoms. The van der Waals surface area contributed by atoms with Crippen molar-refractivity contribution in [3.05, 3.63) is 71.9 Å². The molecule has 3 amide bonds. The van der Waals surface area contributed by atoms with Crippen molar-refractivity contribution in [2.75, 3.05) is 36.8 Å². The van der Waals surface area contributed by atoms with E-state index in [9.17, 15) is 14.4 Å². The van der Waals surface area contributed by atoms with E-state index < -0.39 is 0 Å². The van der Waals surface area contributed by atoms with Crippen molar-refractivity contribution in [1.29, 1.82) is 0 Å². The van der Waals surface area contributed by atoms with Crippen molar-refractivity contribution < 1.29 is 14.4 Å². The van der Waals surface area contributed by atoms with E-state index in [-0.39, 0.29) is 17.7 Å². The Morgan fingerprint density at radius 2 is 1.95 bits per heavy atom. The van der Waals surface area contributed by atoms with Gasteiger partial charge < -0.3 is 25.4 Å². The van der Waals surface area contributed by atoms with Gasteiger partial charge in [-0.15, -0.1) is 0 Å². The molecular weight excluding hydrogens is 490 g/mol. The highest BCUT2D eigenvalue weighted by Gasteiger charge is 2.21. The number of aromatic nitrogens is 1. The van der Waals surface area contributed by atoms with Crippen molar-refractivity contribution in [2.45, 2.75) is 45.6 Å². The summed E-state index contributed by atoms with van der Waals surface area (Å²) in [6.45, 7) is 10.5. The second-order valence-electron chi connectivity index (χ2n) is 10.5. The summed E-state index contributed by atoms with van der Waals surface area (Å²) in [6.07, 6.45) is 6.86. The predicted molar refractivity (Wildman–Crippen MR) is 155 cm³/mol. The lowest BCUT2D eigenvalue weighted by atomic mass is 9.92. The number of carbonyl (C=O) groups excluding carboxylic acids is 3. The number of rotatable bonds is 8. The van der Waals surface area contributed by atoms with Gasteiger partial charge in [-0.05, 0) is 99.6 Å². The van der Waals surface area contributed by atoms with Crippen LogP contribution in [0.5, 0.6) is 0 Å². The van der Waals surface area contributed by atoms with E-state index in [1.165, 1.54) is 31.9 Å². The van der Waals surface area contributed by atoms with Gasteiger partial charge in [0.15, 0.2) is 0 Å².